The number of nitrogens with zero attached hydrogens (tertiary/aromatic N) is 1. The smallest absolute Gasteiger partial charge is 0.0543 e. The summed E-state index contributed by atoms with van der Waals surface area (Å²) in [5, 5.41) is 0. The van der Waals surface area contributed by atoms with Crippen LogP contribution in [0.3, 0.4) is 0 Å². The van der Waals surface area contributed by atoms with Crippen LogP contribution in [0.1, 0.15) is 49.9 Å². The van der Waals surface area contributed by atoms with Crippen molar-refractivity contribution in [3.63, 3.8) is 0 Å². The Kier molecular flexibility index (Phi) is 6.58. The minimum absolute atomic E-state index is 0.0806. The second-order valence-electron chi connectivity index (χ2n) is 14.6. The van der Waals surface area contributed by atoms with Crippen molar-refractivity contribution < 1.29 is 0 Å². The van der Waals surface area contributed by atoms with E-state index in [0.717, 1.165) is 5.69 Å². The van der Waals surface area contributed by atoms with Crippen LogP contribution in [-0.2, 0) is 10.8 Å². The van der Waals surface area contributed by atoms with Crippen LogP contribution in [0.2, 0.25) is 0 Å². The molecule has 0 unspecified atom stereocenters. The minimum atomic E-state index is -0.151. The van der Waals surface area contributed by atoms with Crippen LogP contribution in [0, 0.1) is 0 Å². The first-order valence-electron chi connectivity index (χ1n) is 17.4. The highest BCUT2D eigenvalue weighted by Gasteiger charge is 2.39. The largest absolute Gasteiger partial charge is 0.310 e. The van der Waals surface area contributed by atoms with Crippen molar-refractivity contribution in [2.75, 3.05) is 4.90 Å². The number of hydrogen-bond donors (Lipinski definition) is 0. The Morgan fingerprint density at radius 3 is 1.57 bits per heavy atom. The van der Waals surface area contributed by atoms with Gasteiger partial charge in [-0.3, -0.25) is 0 Å². The van der Waals surface area contributed by atoms with E-state index in [9.17, 15) is 0 Å². The van der Waals surface area contributed by atoms with Gasteiger partial charge < -0.3 is 4.90 Å². The summed E-state index contributed by atoms with van der Waals surface area (Å²) in [5.41, 5.74) is 19.1. The quantitative estimate of drug-likeness (QED) is 0.183. The summed E-state index contributed by atoms with van der Waals surface area (Å²) in [7, 11) is 0. The summed E-state index contributed by atoms with van der Waals surface area (Å²) in [5.74, 6) is 0. The Labute approximate surface area is 290 Å². The fourth-order valence-electron chi connectivity index (χ4n) is 8.46. The summed E-state index contributed by atoms with van der Waals surface area (Å²) in [6, 6.07) is 60.4. The molecule has 7 aromatic rings. The maximum absolute atomic E-state index is 2.49. The molecule has 0 N–H and O–H groups in total. The minimum Gasteiger partial charge on any atom is -0.310 e. The third-order valence-electron chi connectivity index (χ3n) is 11.1. The number of anilines is 3. The molecule has 0 aromatic heterocycles. The van der Waals surface area contributed by atoms with E-state index in [2.05, 4.69) is 196 Å². The number of rotatable bonds is 5. The van der Waals surface area contributed by atoms with Gasteiger partial charge in [-0.2, -0.15) is 0 Å². The van der Waals surface area contributed by atoms with Gasteiger partial charge in [0, 0.05) is 27.8 Å². The predicted molar refractivity (Wildman–Crippen MR) is 207 cm³/mol. The lowest BCUT2D eigenvalue weighted by Crippen LogP contribution is -2.17. The number of benzene rings is 7. The van der Waals surface area contributed by atoms with Gasteiger partial charge in [0.15, 0.2) is 0 Å². The van der Waals surface area contributed by atoms with Crippen molar-refractivity contribution in [2.24, 2.45) is 0 Å². The van der Waals surface area contributed by atoms with Crippen molar-refractivity contribution in [2.45, 2.75) is 38.5 Å². The first-order chi connectivity index (χ1) is 23.8. The van der Waals surface area contributed by atoms with Gasteiger partial charge in [0.05, 0.1) is 5.69 Å². The zero-order valence-corrected chi connectivity index (χ0v) is 28.5. The van der Waals surface area contributed by atoms with Crippen LogP contribution in [0.25, 0.3) is 44.5 Å². The third-order valence-corrected chi connectivity index (χ3v) is 11.1. The lowest BCUT2D eigenvalue weighted by molar-refractivity contribution is 0.660. The van der Waals surface area contributed by atoms with E-state index in [1.165, 1.54) is 78.1 Å². The molecule has 9 rings (SSSR count). The van der Waals surface area contributed by atoms with Crippen molar-refractivity contribution >= 4 is 17.1 Å². The van der Waals surface area contributed by atoms with Crippen LogP contribution < -0.4 is 4.90 Å². The van der Waals surface area contributed by atoms with Crippen molar-refractivity contribution in [3.05, 3.63) is 186 Å². The van der Waals surface area contributed by atoms with E-state index in [4.69, 9.17) is 0 Å². The molecule has 7 aromatic carbocycles. The fourth-order valence-corrected chi connectivity index (χ4v) is 8.46. The van der Waals surface area contributed by atoms with Crippen molar-refractivity contribution in [3.8, 4) is 44.5 Å². The molecular weight excluding hydrogens is 591 g/mol. The van der Waals surface area contributed by atoms with Gasteiger partial charge in [0.2, 0.25) is 0 Å². The molecule has 2 aliphatic rings. The zero-order valence-electron chi connectivity index (χ0n) is 28.5. The molecule has 0 saturated carbocycles. The third kappa shape index (κ3) is 4.53. The van der Waals surface area contributed by atoms with Crippen LogP contribution in [-0.4, -0.2) is 0 Å². The van der Waals surface area contributed by atoms with E-state index in [1.54, 1.807) is 0 Å². The second-order valence-corrected chi connectivity index (χ2v) is 14.6. The fraction of sp³-hybridized carbons (Fsp3) is 0.125. The summed E-state index contributed by atoms with van der Waals surface area (Å²) in [4.78, 5) is 2.49. The molecule has 0 aliphatic heterocycles. The summed E-state index contributed by atoms with van der Waals surface area (Å²) < 4.78 is 0. The number of fused-ring (bicyclic) bond motifs is 6. The lowest BCUT2D eigenvalue weighted by atomic mass is 9.81. The maximum Gasteiger partial charge on any atom is 0.0543 e. The molecule has 0 bridgehead atoms. The Morgan fingerprint density at radius 1 is 0.347 bits per heavy atom. The van der Waals surface area contributed by atoms with Gasteiger partial charge in [0.1, 0.15) is 0 Å². The highest BCUT2D eigenvalue weighted by Crippen LogP contribution is 2.56. The summed E-state index contributed by atoms with van der Waals surface area (Å²) in [6.07, 6.45) is 0. The first-order valence-corrected chi connectivity index (χ1v) is 17.4. The number of hydrogen-bond acceptors (Lipinski definition) is 1. The van der Waals surface area contributed by atoms with Crippen LogP contribution in [0.4, 0.5) is 17.1 Å². The van der Waals surface area contributed by atoms with E-state index < -0.39 is 0 Å². The highest BCUT2D eigenvalue weighted by molar-refractivity contribution is 5.96. The normalized spacial score (nSPS) is 14.4. The molecule has 0 atom stereocenters. The molecule has 0 radical (unpaired) electrons. The van der Waals surface area contributed by atoms with Gasteiger partial charge in [-0.15, -0.1) is 0 Å². The average molecular weight is 630 g/mol. The van der Waals surface area contributed by atoms with Crippen molar-refractivity contribution in [1.29, 1.82) is 0 Å². The van der Waals surface area contributed by atoms with Crippen LogP contribution >= 0.6 is 0 Å². The second kappa shape index (κ2) is 10.9. The Hall–Kier alpha value is -5.66. The van der Waals surface area contributed by atoms with Gasteiger partial charge in [-0.1, -0.05) is 155 Å². The van der Waals surface area contributed by atoms with Gasteiger partial charge in [0.25, 0.3) is 0 Å². The van der Waals surface area contributed by atoms with Crippen molar-refractivity contribution in [1.82, 2.24) is 0 Å². The molecule has 2 aliphatic carbocycles. The molecule has 0 heterocycles. The molecule has 1 nitrogen and oxygen atoms in total. The zero-order chi connectivity index (χ0) is 33.3. The monoisotopic (exact) mass is 629 g/mol. The lowest BCUT2D eigenvalue weighted by Gasteiger charge is -2.30. The standard InChI is InChI=1S/C48H39N/c1-47(2)41-19-12-11-18-40(41)46-42(47)20-13-21-45(46)49(36-25-22-34(23-26-36)32-14-7-5-8-15-32)37-27-29-39-38-28-24-35(33-16-9-6-10-17-33)30-43(38)48(3,4)44(39)31-37/h5-31H,1-4H3. The van der Waals surface area contributed by atoms with E-state index in [0.29, 0.717) is 0 Å². The van der Waals surface area contributed by atoms with Crippen LogP contribution in [0.5, 0.6) is 0 Å². The topological polar surface area (TPSA) is 3.24 Å². The van der Waals surface area contributed by atoms with Gasteiger partial charge >= 0.3 is 0 Å². The Bertz CT molecular complexity index is 2360. The average Bonchev–Trinajstić information content (AvgIpc) is 3.52. The molecule has 0 amide bonds. The molecule has 1 heteroatoms. The van der Waals surface area contributed by atoms with Crippen LogP contribution in [0.15, 0.2) is 164 Å². The van der Waals surface area contributed by atoms with Gasteiger partial charge in [-0.05, 0) is 97.6 Å². The molecule has 236 valence electrons. The molecular formula is C48H39N. The molecule has 0 saturated heterocycles. The Morgan fingerprint density at radius 2 is 0.857 bits per heavy atom. The highest BCUT2D eigenvalue weighted by atomic mass is 15.1. The summed E-state index contributed by atoms with van der Waals surface area (Å²) in [6.45, 7) is 9.49. The predicted octanol–water partition coefficient (Wildman–Crippen LogP) is 13.1. The first kappa shape index (κ1) is 29.5. The van der Waals surface area contributed by atoms with E-state index in [-0.39, 0.29) is 10.8 Å². The molecule has 49 heavy (non-hydrogen) atoms. The van der Waals surface area contributed by atoms with E-state index in [1.807, 2.05) is 0 Å². The van der Waals surface area contributed by atoms with E-state index >= 15 is 0 Å². The molecule has 0 spiro atoms. The summed E-state index contributed by atoms with van der Waals surface area (Å²) >= 11 is 0. The van der Waals surface area contributed by atoms with Gasteiger partial charge in [-0.25, -0.2) is 0 Å². The molecule has 0 fully saturated rings. The maximum atomic E-state index is 2.49. The SMILES string of the molecule is CC1(C)c2cc(-c3ccccc3)ccc2-c2ccc(N(c3ccc(-c4ccccc4)cc3)c3cccc4c3-c3ccccc3C4(C)C)cc21. The Balaban J connectivity index is 1.22.